The van der Waals surface area contributed by atoms with Gasteiger partial charge >= 0.3 is 0 Å². The molecule has 0 aromatic heterocycles. The van der Waals surface area contributed by atoms with E-state index >= 15 is 0 Å². The number of nitrogen functional groups attached to an aromatic ring is 1. The predicted molar refractivity (Wildman–Crippen MR) is 75.7 cm³/mol. The van der Waals surface area contributed by atoms with Gasteiger partial charge in [0.1, 0.15) is 11.6 Å². The van der Waals surface area contributed by atoms with Crippen molar-refractivity contribution in [1.82, 2.24) is 4.90 Å². The zero-order valence-corrected chi connectivity index (χ0v) is 11.3. The molecule has 0 fully saturated rings. The fraction of sp³-hybridized carbons (Fsp3) is 0.188. The van der Waals surface area contributed by atoms with E-state index in [0.29, 0.717) is 25.2 Å². The van der Waals surface area contributed by atoms with Gasteiger partial charge in [-0.3, -0.25) is 4.79 Å². The Morgan fingerprint density at radius 2 is 1.86 bits per heavy atom. The van der Waals surface area contributed by atoms with Gasteiger partial charge in [-0.1, -0.05) is 12.1 Å². The highest BCUT2D eigenvalue weighted by Crippen LogP contribution is 2.25. The highest BCUT2D eigenvalue weighted by Gasteiger charge is 2.23. The zero-order valence-electron chi connectivity index (χ0n) is 11.3. The van der Waals surface area contributed by atoms with Crippen molar-refractivity contribution in [3.63, 3.8) is 0 Å². The van der Waals surface area contributed by atoms with Crippen LogP contribution in [0.15, 0.2) is 36.4 Å². The number of benzene rings is 2. The normalized spacial score (nSPS) is 13.9. The summed E-state index contributed by atoms with van der Waals surface area (Å²) in [4.78, 5) is 13.9. The number of nitrogens with zero attached hydrogens (tertiary/aromatic N) is 1. The summed E-state index contributed by atoms with van der Waals surface area (Å²) in [7, 11) is 0. The summed E-state index contributed by atoms with van der Waals surface area (Å²) in [6.45, 7) is 0.867. The van der Waals surface area contributed by atoms with E-state index in [1.54, 1.807) is 11.0 Å². The van der Waals surface area contributed by atoms with Gasteiger partial charge in [0.2, 0.25) is 0 Å². The molecule has 0 aliphatic carbocycles. The molecule has 0 atom stereocenters. The van der Waals surface area contributed by atoms with Crippen LogP contribution in [0.25, 0.3) is 0 Å². The van der Waals surface area contributed by atoms with Crippen LogP contribution < -0.4 is 5.73 Å². The summed E-state index contributed by atoms with van der Waals surface area (Å²) in [5.74, 6) is -1.90. The molecule has 0 spiro atoms. The van der Waals surface area contributed by atoms with E-state index in [0.717, 1.165) is 29.3 Å². The first-order chi connectivity index (χ1) is 10.0. The number of nitrogens with two attached hydrogens (primary N) is 1. The average Bonchev–Trinajstić information content (AvgIpc) is 2.45. The second-order valence-corrected chi connectivity index (χ2v) is 5.12. The van der Waals surface area contributed by atoms with Gasteiger partial charge in [-0.2, -0.15) is 0 Å². The third-order valence-corrected chi connectivity index (χ3v) is 3.71. The number of fused-ring (bicyclic) bond motifs is 1. The molecule has 1 aliphatic heterocycles. The fourth-order valence-electron chi connectivity index (χ4n) is 2.64. The molecule has 2 aromatic carbocycles. The average molecular weight is 288 g/mol. The molecular formula is C16H14F2N2O. The minimum Gasteiger partial charge on any atom is -0.398 e. The highest BCUT2D eigenvalue weighted by atomic mass is 19.1. The van der Waals surface area contributed by atoms with Gasteiger partial charge in [0, 0.05) is 30.4 Å². The minimum atomic E-state index is -0.754. The van der Waals surface area contributed by atoms with Crippen molar-refractivity contribution in [3.8, 4) is 0 Å². The van der Waals surface area contributed by atoms with Crippen molar-refractivity contribution < 1.29 is 13.6 Å². The van der Waals surface area contributed by atoms with E-state index in [1.807, 2.05) is 12.1 Å². The fourth-order valence-corrected chi connectivity index (χ4v) is 2.64. The van der Waals surface area contributed by atoms with E-state index in [4.69, 9.17) is 5.73 Å². The van der Waals surface area contributed by atoms with E-state index in [1.165, 1.54) is 0 Å². The Morgan fingerprint density at radius 1 is 1.14 bits per heavy atom. The summed E-state index contributed by atoms with van der Waals surface area (Å²) in [6.07, 6.45) is 0.684. The monoisotopic (exact) mass is 288 g/mol. The van der Waals surface area contributed by atoms with Crippen molar-refractivity contribution in [3.05, 3.63) is 64.7 Å². The molecule has 0 saturated carbocycles. The summed E-state index contributed by atoms with van der Waals surface area (Å²) < 4.78 is 26.5. The molecule has 3 rings (SSSR count). The van der Waals surface area contributed by atoms with Gasteiger partial charge in [0.25, 0.3) is 5.91 Å². The molecule has 0 saturated heterocycles. The Morgan fingerprint density at radius 3 is 2.57 bits per heavy atom. The van der Waals surface area contributed by atoms with Gasteiger partial charge in [0.15, 0.2) is 0 Å². The largest absolute Gasteiger partial charge is 0.398 e. The molecule has 1 heterocycles. The van der Waals surface area contributed by atoms with Gasteiger partial charge < -0.3 is 10.6 Å². The number of hydrogen-bond acceptors (Lipinski definition) is 2. The second kappa shape index (κ2) is 5.16. The van der Waals surface area contributed by atoms with Gasteiger partial charge in [-0.15, -0.1) is 0 Å². The van der Waals surface area contributed by atoms with E-state index in [-0.39, 0.29) is 11.5 Å². The van der Waals surface area contributed by atoms with Crippen LogP contribution in [0.4, 0.5) is 14.5 Å². The van der Waals surface area contributed by atoms with Crippen LogP contribution in [0.1, 0.15) is 21.5 Å². The lowest BCUT2D eigenvalue weighted by Gasteiger charge is -2.29. The second-order valence-electron chi connectivity index (χ2n) is 5.12. The Labute approximate surface area is 121 Å². The molecule has 1 amide bonds. The molecule has 2 aromatic rings. The topological polar surface area (TPSA) is 46.3 Å². The standard InChI is InChI=1S/C16H14F2N2O/c17-12-6-11(7-13(18)8-12)16(21)20-5-4-10-2-1-3-15(19)14(10)9-20/h1-3,6-8H,4-5,9,19H2. The lowest BCUT2D eigenvalue weighted by Crippen LogP contribution is -2.36. The maximum Gasteiger partial charge on any atom is 0.254 e. The number of carbonyl (C=O) groups is 1. The third-order valence-electron chi connectivity index (χ3n) is 3.71. The molecular weight excluding hydrogens is 274 g/mol. The number of amides is 1. The number of anilines is 1. The molecule has 21 heavy (non-hydrogen) atoms. The van der Waals surface area contributed by atoms with Crippen LogP contribution in [0.2, 0.25) is 0 Å². The summed E-state index contributed by atoms with van der Waals surface area (Å²) in [5, 5.41) is 0. The van der Waals surface area contributed by atoms with Crippen molar-refractivity contribution in [2.24, 2.45) is 0 Å². The zero-order chi connectivity index (χ0) is 15.0. The van der Waals surface area contributed by atoms with Crippen LogP contribution >= 0.6 is 0 Å². The lowest BCUT2D eigenvalue weighted by atomic mass is 9.97. The molecule has 2 N–H and O–H groups in total. The maximum atomic E-state index is 13.2. The quantitative estimate of drug-likeness (QED) is 0.820. The lowest BCUT2D eigenvalue weighted by molar-refractivity contribution is 0.0734. The first-order valence-electron chi connectivity index (χ1n) is 6.66. The van der Waals surface area contributed by atoms with Crippen LogP contribution in [-0.2, 0) is 13.0 Å². The van der Waals surface area contributed by atoms with Crippen LogP contribution in [0.3, 0.4) is 0 Å². The first kappa shape index (κ1) is 13.5. The number of carbonyl (C=O) groups excluding carboxylic acids is 1. The first-order valence-corrected chi connectivity index (χ1v) is 6.66. The Bertz CT molecular complexity index is 695. The SMILES string of the molecule is Nc1cccc2c1CN(C(=O)c1cc(F)cc(F)c1)CC2. The Balaban J connectivity index is 1.89. The summed E-state index contributed by atoms with van der Waals surface area (Å²) in [6, 6.07) is 8.50. The van der Waals surface area contributed by atoms with Gasteiger partial charge in [0.05, 0.1) is 0 Å². The molecule has 0 bridgehead atoms. The van der Waals surface area contributed by atoms with Crippen LogP contribution in [-0.4, -0.2) is 17.4 Å². The van der Waals surface area contributed by atoms with Crippen molar-refractivity contribution in [2.75, 3.05) is 12.3 Å². The molecule has 108 valence electrons. The smallest absolute Gasteiger partial charge is 0.254 e. The molecule has 5 heteroatoms. The van der Waals surface area contributed by atoms with Crippen molar-refractivity contribution in [1.29, 1.82) is 0 Å². The van der Waals surface area contributed by atoms with Crippen LogP contribution in [0.5, 0.6) is 0 Å². The van der Waals surface area contributed by atoms with Gasteiger partial charge in [-0.05, 0) is 35.7 Å². The highest BCUT2D eigenvalue weighted by molar-refractivity contribution is 5.94. The van der Waals surface area contributed by atoms with Gasteiger partial charge in [-0.25, -0.2) is 8.78 Å². The minimum absolute atomic E-state index is 0.0189. The number of rotatable bonds is 1. The Kier molecular flexibility index (Phi) is 3.33. The number of hydrogen-bond donors (Lipinski definition) is 1. The van der Waals surface area contributed by atoms with Crippen molar-refractivity contribution >= 4 is 11.6 Å². The molecule has 3 nitrogen and oxygen atoms in total. The Hall–Kier alpha value is -2.43. The molecule has 1 aliphatic rings. The van der Waals surface area contributed by atoms with E-state index in [9.17, 15) is 13.6 Å². The summed E-state index contributed by atoms with van der Waals surface area (Å²) in [5.41, 5.74) is 8.61. The van der Waals surface area contributed by atoms with E-state index < -0.39 is 11.6 Å². The molecule has 0 unspecified atom stereocenters. The maximum absolute atomic E-state index is 13.2. The molecule has 0 radical (unpaired) electrons. The number of halogens is 2. The van der Waals surface area contributed by atoms with Crippen molar-refractivity contribution in [2.45, 2.75) is 13.0 Å². The predicted octanol–water partition coefficient (Wildman–Crippen LogP) is 2.75. The van der Waals surface area contributed by atoms with E-state index in [2.05, 4.69) is 0 Å². The van der Waals surface area contributed by atoms with Crippen LogP contribution in [0, 0.1) is 11.6 Å². The third kappa shape index (κ3) is 2.59. The summed E-state index contributed by atoms with van der Waals surface area (Å²) >= 11 is 0.